The highest BCUT2D eigenvalue weighted by atomic mass is 16.5. The number of rotatable bonds is 3. The van der Waals surface area contributed by atoms with E-state index in [-0.39, 0.29) is 0 Å². The third kappa shape index (κ3) is 2.24. The predicted octanol–water partition coefficient (Wildman–Crippen LogP) is 2.69. The minimum Gasteiger partial charge on any atom is -0.388 e. The molecule has 0 amide bonds. The summed E-state index contributed by atoms with van der Waals surface area (Å²) in [6, 6.07) is 8.01. The average molecular weight is 243 g/mol. The number of hydrogen-bond acceptors (Lipinski definition) is 3. The Balaban J connectivity index is 1.88. The zero-order valence-corrected chi connectivity index (χ0v) is 10.2. The van der Waals surface area contributed by atoms with Gasteiger partial charge in [-0.2, -0.15) is 0 Å². The molecule has 0 saturated carbocycles. The molecule has 1 aliphatic rings. The van der Waals surface area contributed by atoms with Crippen molar-refractivity contribution < 1.29 is 9.84 Å². The summed E-state index contributed by atoms with van der Waals surface area (Å²) in [6.45, 7) is 1.61. The van der Waals surface area contributed by atoms with Crippen LogP contribution in [0.4, 0.5) is 0 Å². The van der Waals surface area contributed by atoms with Crippen molar-refractivity contribution >= 4 is 10.8 Å². The monoisotopic (exact) mass is 243 g/mol. The van der Waals surface area contributed by atoms with Crippen molar-refractivity contribution in [3.8, 4) is 0 Å². The van der Waals surface area contributed by atoms with Gasteiger partial charge in [-0.3, -0.25) is 4.98 Å². The van der Waals surface area contributed by atoms with E-state index in [0.717, 1.165) is 42.4 Å². The van der Waals surface area contributed by atoms with E-state index >= 15 is 0 Å². The van der Waals surface area contributed by atoms with Crippen molar-refractivity contribution in [2.75, 3.05) is 13.2 Å². The van der Waals surface area contributed by atoms with Gasteiger partial charge in [-0.1, -0.05) is 18.2 Å². The van der Waals surface area contributed by atoms with Gasteiger partial charge in [0.05, 0.1) is 6.10 Å². The van der Waals surface area contributed by atoms with E-state index in [1.165, 1.54) is 0 Å². The maximum atomic E-state index is 10.4. The quantitative estimate of drug-likeness (QED) is 0.901. The number of ether oxygens (including phenoxy) is 1. The molecule has 2 atom stereocenters. The topological polar surface area (TPSA) is 42.4 Å². The highest BCUT2D eigenvalue weighted by molar-refractivity contribution is 5.85. The van der Waals surface area contributed by atoms with Crippen LogP contribution in [0.3, 0.4) is 0 Å². The molecule has 0 bridgehead atoms. The van der Waals surface area contributed by atoms with Crippen molar-refractivity contribution in [2.24, 2.45) is 5.92 Å². The van der Waals surface area contributed by atoms with Crippen LogP contribution >= 0.6 is 0 Å². The van der Waals surface area contributed by atoms with Crippen LogP contribution in [0, 0.1) is 5.92 Å². The number of aliphatic hydroxyl groups excluding tert-OH is 1. The molecule has 0 spiro atoms. The molecule has 18 heavy (non-hydrogen) atoms. The number of fused-ring (bicyclic) bond motifs is 1. The molecular weight excluding hydrogens is 226 g/mol. The summed E-state index contributed by atoms with van der Waals surface area (Å²) in [5.74, 6) is 0.479. The van der Waals surface area contributed by atoms with Crippen molar-refractivity contribution in [1.29, 1.82) is 0 Å². The first-order chi connectivity index (χ1) is 8.84. The lowest BCUT2D eigenvalue weighted by Crippen LogP contribution is -2.07. The Morgan fingerprint density at radius 3 is 3.17 bits per heavy atom. The van der Waals surface area contributed by atoms with Crippen LogP contribution in [0.15, 0.2) is 36.7 Å². The van der Waals surface area contributed by atoms with Gasteiger partial charge in [-0.05, 0) is 35.8 Å². The first-order valence-corrected chi connectivity index (χ1v) is 6.43. The van der Waals surface area contributed by atoms with Gasteiger partial charge in [-0.15, -0.1) is 0 Å². The Bertz CT molecular complexity index is 530. The van der Waals surface area contributed by atoms with Crippen molar-refractivity contribution in [3.05, 3.63) is 42.2 Å². The Morgan fingerprint density at radius 1 is 1.39 bits per heavy atom. The Labute approximate surface area is 106 Å². The van der Waals surface area contributed by atoms with Gasteiger partial charge in [0.25, 0.3) is 0 Å². The number of aliphatic hydroxyl groups is 1. The first kappa shape index (κ1) is 11.6. The molecule has 1 aromatic heterocycles. The highest BCUT2D eigenvalue weighted by Gasteiger charge is 2.21. The molecule has 1 fully saturated rings. The Morgan fingerprint density at radius 2 is 2.33 bits per heavy atom. The average Bonchev–Trinajstić information content (AvgIpc) is 2.91. The lowest BCUT2D eigenvalue weighted by Gasteiger charge is -2.16. The van der Waals surface area contributed by atoms with E-state index in [1.54, 1.807) is 6.20 Å². The van der Waals surface area contributed by atoms with Crippen molar-refractivity contribution in [1.82, 2.24) is 4.98 Å². The second kappa shape index (κ2) is 5.04. The molecule has 0 radical (unpaired) electrons. The van der Waals surface area contributed by atoms with Gasteiger partial charge < -0.3 is 9.84 Å². The molecule has 1 saturated heterocycles. The van der Waals surface area contributed by atoms with Gasteiger partial charge in [0.2, 0.25) is 0 Å². The van der Waals surface area contributed by atoms with E-state index in [4.69, 9.17) is 4.74 Å². The van der Waals surface area contributed by atoms with Crippen LogP contribution in [0.5, 0.6) is 0 Å². The maximum Gasteiger partial charge on any atom is 0.0800 e. The minimum absolute atomic E-state index is 0.426. The van der Waals surface area contributed by atoms with Crippen LogP contribution < -0.4 is 0 Å². The number of hydrogen-bond donors (Lipinski definition) is 1. The molecule has 1 aromatic carbocycles. The van der Waals surface area contributed by atoms with Crippen LogP contribution in [-0.4, -0.2) is 23.3 Å². The summed E-state index contributed by atoms with van der Waals surface area (Å²) in [5.41, 5.74) is 0.979. The van der Waals surface area contributed by atoms with Crippen LogP contribution in [0.1, 0.15) is 24.5 Å². The summed E-state index contributed by atoms with van der Waals surface area (Å²) in [7, 11) is 0. The third-order valence-electron chi connectivity index (χ3n) is 3.66. The van der Waals surface area contributed by atoms with E-state index in [1.807, 2.05) is 30.5 Å². The standard InChI is InChI=1S/C15H17NO2/c17-15(8-11-5-7-18-10-11)13-3-1-2-12-4-6-16-9-14(12)13/h1-4,6,9,11,15,17H,5,7-8,10H2. The van der Waals surface area contributed by atoms with Gasteiger partial charge in [-0.25, -0.2) is 0 Å². The van der Waals surface area contributed by atoms with Gasteiger partial charge in [0.15, 0.2) is 0 Å². The SMILES string of the molecule is OC(CC1CCOC1)c1cccc2ccncc12. The summed E-state index contributed by atoms with van der Waals surface area (Å²) in [5, 5.41) is 12.6. The molecule has 1 aliphatic heterocycles. The third-order valence-corrected chi connectivity index (χ3v) is 3.66. The molecule has 0 aliphatic carbocycles. The van der Waals surface area contributed by atoms with Crippen LogP contribution in [-0.2, 0) is 4.74 Å². The van der Waals surface area contributed by atoms with E-state index in [2.05, 4.69) is 4.98 Å². The van der Waals surface area contributed by atoms with E-state index in [9.17, 15) is 5.11 Å². The lowest BCUT2D eigenvalue weighted by molar-refractivity contribution is 0.130. The van der Waals surface area contributed by atoms with Gasteiger partial charge in [0.1, 0.15) is 0 Å². The summed E-state index contributed by atoms with van der Waals surface area (Å²) in [6.07, 6.45) is 5.01. The number of benzene rings is 1. The normalized spacial score (nSPS) is 21.3. The molecule has 94 valence electrons. The van der Waals surface area contributed by atoms with Crippen molar-refractivity contribution in [2.45, 2.75) is 18.9 Å². The van der Waals surface area contributed by atoms with Crippen LogP contribution in [0.2, 0.25) is 0 Å². The predicted molar refractivity (Wildman–Crippen MR) is 70.2 cm³/mol. The van der Waals surface area contributed by atoms with Crippen LogP contribution in [0.25, 0.3) is 10.8 Å². The Hall–Kier alpha value is -1.45. The molecule has 3 rings (SSSR count). The number of nitrogens with zero attached hydrogens (tertiary/aromatic N) is 1. The second-order valence-electron chi connectivity index (χ2n) is 4.93. The smallest absolute Gasteiger partial charge is 0.0800 e. The van der Waals surface area contributed by atoms with E-state index < -0.39 is 6.10 Å². The summed E-state index contributed by atoms with van der Waals surface area (Å²) in [4.78, 5) is 4.15. The maximum absolute atomic E-state index is 10.4. The largest absolute Gasteiger partial charge is 0.388 e. The molecule has 1 N–H and O–H groups in total. The fraction of sp³-hybridized carbons (Fsp3) is 0.400. The minimum atomic E-state index is -0.426. The molecule has 2 aromatic rings. The molecule has 3 nitrogen and oxygen atoms in total. The summed E-state index contributed by atoms with van der Waals surface area (Å²) < 4.78 is 5.36. The fourth-order valence-electron chi connectivity index (χ4n) is 2.64. The van der Waals surface area contributed by atoms with Gasteiger partial charge >= 0.3 is 0 Å². The zero-order chi connectivity index (χ0) is 12.4. The van der Waals surface area contributed by atoms with E-state index in [0.29, 0.717) is 5.92 Å². The highest BCUT2D eigenvalue weighted by Crippen LogP contribution is 2.30. The second-order valence-corrected chi connectivity index (χ2v) is 4.93. The van der Waals surface area contributed by atoms with Crippen molar-refractivity contribution in [3.63, 3.8) is 0 Å². The molecule has 2 heterocycles. The van der Waals surface area contributed by atoms with Gasteiger partial charge in [0, 0.05) is 31.0 Å². The number of pyridine rings is 1. The first-order valence-electron chi connectivity index (χ1n) is 6.43. The molecule has 2 unspecified atom stereocenters. The fourth-order valence-corrected chi connectivity index (χ4v) is 2.64. The Kier molecular flexibility index (Phi) is 3.26. The lowest BCUT2D eigenvalue weighted by atomic mass is 9.94. The molecule has 3 heteroatoms. The number of aromatic nitrogens is 1. The molecular formula is C15H17NO2. The summed E-state index contributed by atoms with van der Waals surface area (Å²) >= 11 is 0. The zero-order valence-electron chi connectivity index (χ0n) is 10.2.